The molecule has 0 radical (unpaired) electrons. The van der Waals surface area contributed by atoms with E-state index in [-0.39, 0.29) is 5.97 Å². The molecule has 1 N–H and O–H groups in total. The Hall–Kier alpha value is -2.10. The maximum absolute atomic E-state index is 11.5. The fourth-order valence-corrected chi connectivity index (χ4v) is 1.59. The minimum Gasteiger partial charge on any atom is -0.462 e. The Kier molecular flexibility index (Phi) is 2.72. The van der Waals surface area contributed by atoms with Gasteiger partial charge in [-0.05, 0) is 19.1 Å². The number of rotatable bonds is 3. The van der Waals surface area contributed by atoms with Gasteiger partial charge < -0.3 is 9.72 Å². The highest BCUT2D eigenvalue weighted by atomic mass is 16.5. The summed E-state index contributed by atoms with van der Waals surface area (Å²) in [6.07, 6.45) is 2.40. The van der Waals surface area contributed by atoms with Crippen molar-refractivity contribution in [2.45, 2.75) is 6.92 Å². The summed E-state index contributed by atoms with van der Waals surface area (Å²) in [5, 5.41) is 0.808. The molecule has 4 heteroatoms. The molecular weight excluding hydrogens is 206 g/mol. The molecule has 0 saturated heterocycles. The van der Waals surface area contributed by atoms with E-state index in [1.165, 1.54) is 0 Å². The standard InChI is InChI=1S/C12H11NO3/c1-2-16-12(15)8-3-4-10-9(7-14)6-13-11(10)5-8/h3-7,13H,2H2,1H3. The number of aromatic amines is 1. The van der Waals surface area contributed by atoms with Gasteiger partial charge in [0.05, 0.1) is 12.2 Å². The van der Waals surface area contributed by atoms with Crippen LogP contribution in [0.5, 0.6) is 0 Å². The van der Waals surface area contributed by atoms with Crippen LogP contribution in [0, 0.1) is 0 Å². The molecule has 16 heavy (non-hydrogen) atoms. The third-order valence-electron chi connectivity index (χ3n) is 2.35. The van der Waals surface area contributed by atoms with Crippen molar-refractivity contribution in [1.82, 2.24) is 4.98 Å². The van der Waals surface area contributed by atoms with Gasteiger partial charge in [-0.3, -0.25) is 4.79 Å². The molecule has 1 aromatic carbocycles. The van der Waals surface area contributed by atoms with E-state index in [0.29, 0.717) is 17.7 Å². The van der Waals surface area contributed by atoms with Gasteiger partial charge in [0.15, 0.2) is 6.29 Å². The van der Waals surface area contributed by atoms with Crippen LogP contribution in [0.2, 0.25) is 0 Å². The van der Waals surface area contributed by atoms with E-state index in [0.717, 1.165) is 17.2 Å². The maximum atomic E-state index is 11.5. The molecule has 0 aliphatic carbocycles. The van der Waals surface area contributed by atoms with Gasteiger partial charge in [-0.2, -0.15) is 0 Å². The van der Waals surface area contributed by atoms with Crippen LogP contribution in [0.4, 0.5) is 0 Å². The van der Waals surface area contributed by atoms with Crippen molar-refractivity contribution in [2.75, 3.05) is 6.61 Å². The van der Waals surface area contributed by atoms with Gasteiger partial charge in [0, 0.05) is 22.7 Å². The van der Waals surface area contributed by atoms with Crippen LogP contribution < -0.4 is 0 Å². The van der Waals surface area contributed by atoms with E-state index in [2.05, 4.69) is 4.98 Å². The lowest BCUT2D eigenvalue weighted by Crippen LogP contribution is -2.04. The minimum atomic E-state index is -0.355. The fourth-order valence-electron chi connectivity index (χ4n) is 1.59. The Bertz CT molecular complexity index is 542. The quantitative estimate of drug-likeness (QED) is 0.633. The van der Waals surface area contributed by atoms with Crippen molar-refractivity contribution in [3.8, 4) is 0 Å². The van der Waals surface area contributed by atoms with E-state index in [9.17, 15) is 9.59 Å². The first-order chi connectivity index (χ1) is 7.76. The van der Waals surface area contributed by atoms with Crippen molar-refractivity contribution < 1.29 is 14.3 Å². The first-order valence-electron chi connectivity index (χ1n) is 4.99. The van der Waals surface area contributed by atoms with E-state index in [4.69, 9.17) is 4.74 Å². The summed E-state index contributed by atoms with van der Waals surface area (Å²) in [6, 6.07) is 5.07. The Balaban J connectivity index is 2.45. The highest BCUT2D eigenvalue weighted by molar-refractivity contribution is 6.00. The van der Waals surface area contributed by atoms with Crippen LogP contribution in [-0.2, 0) is 4.74 Å². The second kappa shape index (κ2) is 4.18. The van der Waals surface area contributed by atoms with Gasteiger partial charge in [-0.25, -0.2) is 4.79 Å². The zero-order valence-corrected chi connectivity index (χ0v) is 8.82. The zero-order chi connectivity index (χ0) is 11.5. The summed E-state index contributed by atoms with van der Waals surface area (Å²) in [5.41, 5.74) is 1.83. The molecule has 0 atom stereocenters. The lowest BCUT2D eigenvalue weighted by molar-refractivity contribution is 0.0526. The summed E-state index contributed by atoms with van der Waals surface area (Å²) in [4.78, 5) is 25.1. The number of hydrogen-bond acceptors (Lipinski definition) is 3. The minimum absolute atomic E-state index is 0.348. The average molecular weight is 217 g/mol. The number of aromatic nitrogens is 1. The Morgan fingerprint density at radius 2 is 2.31 bits per heavy atom. The van der Waals surface area contributed by atoms with Gasteiger partial charge in [0.25, 0.3) is 0 Å². The number of nitrogens with one attached hydrogen (secondary N) is 1. The predicted molar refractivity (Wildman–Crippen MR) is 59.6 cm³/mol. The van der Waals surface area contributed by atoms with Crippen LogP contribution in [-0.4, -0.2) is 23.8 Å². The van der Waals surface area contributed by atoms with Crippen molar-refractivity contribution in [3.05, 3.63) is 35.5 Å². The largest absolute Gasteiger partial charge is 0.462 e. The molecule has 4 nitrogen and oxygen atoms in total. The molecule has 0 unspecified atom stereocenters. The molecule has 1 aromatic heterocycles. The number of hydrogen-bond donors (Lipinski definition) is 1. The number of benzene rings is 1. The molecule has 0 spiro atoms. The van der Waals surface area contributed by atoms with Crippen LogP contribution >= 0.6 is 0 Å². The lowest BCUT2D eigenvalue weighted by Gasteiger charge is -2.01. The normalized spacial score (nSPS) is 10.3. The van der Waals surface area contributed by atoms with Gasteiger partial charge in [0.2, 0.25) is 0 Å². The number of H-pyrrole nitrogens is 1. The number of esters is 1. The van der Waals surface area contributed by atoms with E-state index in [1.54, 1.807) is 31.3 Å². The summed E-state index contributed by atoms with van der Waals surface area (Å²) in [6.45, 7) is 2.11. The predicted octanol–water partition coefficient (Wildman–Crippen LogP) is 2.16. The highest BCUT2D eigenvalue weighted by Crippen LogP contribution is 2.18. The Labute approximate surface area is 92.2 Å². The van der Waals surface area contributed by atoms with Gasteiger partial charge in [-0.15, -0.1) is 0 Å². The lowest BCUT2D eigenvalue weighted by atomic mass is 10.1. The maximum Gasteiger partial charge on any atom is 0.338 e. The molecule has 0 fully saturated rings. The first kappa shape index (κ1) is 10.4. The van der Waals surface area contributed by atoms with Crippen LogP contribution in [0.25, 0.3) is 10.9 Å². The van der Waals surface area contributed by atoms with Gasteiger partial charge in [0.1, 0.15) is 0 Å². The molecule has 0 amide bonds. The Morgan fingerprint density at radius 3 is 3.00 bits per heavy atom. The molecule has 2 rings (SSSR count). The second-order valence-corrected chi connectivity index (χ2v) is 3.34. The van der Waals surface area contributed by atoms with Crippen molar-refractivity contribution in [3.63, 3.8) is 0 Å². The van der Waals surface area contributed by atoms with E-state index < -0.39 is 0 Å². The summed E-state index contributed by atoms with van der Waals surface area (Å²) in [7, 11) is 0. The fraction of sp³-hybridized carbons (Fsp3) is 0.167. The smallest absolute Gasteiger partial charge is 0.338 e. The number of ether oxygens (including phenoxy) is 1. The summed E-state index contributed by atoms with van der Waals surface area (Å²) < 4.78 is 4.89. The first-order valence-corrected chi connectivity index (χ1v) is 4.99. The van der Waals surface area contributed by atoms with Crippen LogP contribution in [0.3, 0.4) is 0 Å². The zero-order valence-electron chi connectivity index (χ0n) is 8.82. The number of carbonyl (C=O) groups excluding carboxylic acids is 2. The molecule has 82 valence electrons. The van der Waals surface area contributed by atoms with Crippen molar-refractivity contribution in [2.24, 2.45) is 0 Å². The molecule has 0 aliphatic rings. The number of aldehydes is 1. The van der Waals surface area contributed by atoms with Gasteiger partial charge >= 0.3 is 5.97 Å². The molecule has 1 heterocycles. The number of fused-ring (bicyclic) bond motifs is 1. The number of carbonyl (C=O) groups is 2. The second-order valence-electron chi connectivity index (χ2n) is 3.34. The Morgan fingerprint density at radius 1 is 1.50 bits per heavy atom. The topological polar surface area (TPSA) is 59.2 Å². The third kappa shape index (κ3) is 1.69. The van der Waals surface area contributed by atoms with Crippen LogP contribution in [0.15, 0.2) is 24.4 Å². The van der Waals surface area contributed by atoms with Crippen molar-refractivity contribution >= 4 is 23.2 Å². The van der Waals surface area contributed by atoms with E-state index in [1.807, 2.05) is 0 Å². The van der Waals surface area contributed by atoms with Gasteiger partial charge in [-0.1, -0.05) is 6.07 Å². The summed E-state index contributed by atoms with van der Waals surface area (Å²) in [5.74, 6) is -0.355. The third-order valence-corrected chi connectivity index (χ3v) is 2.35. The molecular formula is C12H11NO3. The molecule has 0 aliphatic heterocycles. The molecule has 0 saturated carbocycles. The van der Waals surface area contributed by atoms with Crippen LogP contribution in [0.1, 0.15) is 27.6 Å². The SMILES string of the molecule is CCOC(=O)c1ccc2c(C=O)c[nH]c2c1. The van der Waals surface area contributed by atoms with E-state index >= 15 is 0 Å². The monoisotopic (exact) mass is 217 g/mol. The highest BCUT2D eigenvalue weighted by Gasteiger charge is 2.09. The average Bonchev–Trinajstić information content (AvgIpc) is 2.71. The molecule has 2 aromatic rings. The molecule has 0 bridgehead atoms. The van der Waals surface area contributed by atoms with Crippen molar-refractivity contribution in [1.29, 1.82) is 0 Å². The summed E-state index contributed by atoms with van der Waals surface area (Å²) >= 11 is 0.